The minimum atomic E-state index is -0.142. The number of nitrogens with one attached hydrogen (secondary N) is 1. The van der Waals surface area contributed by atoms with E-state index in [-0.39, 0.29) is 18.0 Å². The van der Waals surface area contributed by atoms with E-state index in [0.29, 0.717) is 6.04 Å². The summed E-state index contributed by atoms with van der Waals surface area (Å²) in [6, 6.07) is 7.46. The van der Waals surface area contributed by atoms with Gasteiger partial charge in [0.2, 0.25) is 0 Å². The molecule has 100 valence electrons. The lowest BCUT2D eigenvalue weighted by molar-refractivity contribution is 0.114. The van der Waals surface area contributed by atoms with Crippen LogP contribution in [0.5, 0.6) is 0 Å². The number of benzene rings is 1. The first-order valence-corrected chi connectivity index (χ1v) is 6.89. The molecule has 3 heteroatoms. The average Bonchev–Trinajstić information content (AvgIpc) is 2.39. The van der Waals surface area contributed by atoms with Gasteiger partial charge in [0, 0.05) is 17.6 Å². The highest BCUT2D eigenvalue weighted by Gasteiger charge is 2.22. The van der Waals surface area contributed by atoms with Crippen LogP contribution in [0.25, 0.3) is 0 Å². The third kappa shape index (κ3) is 3.30. The molecule has 0 spiro atoms. The molecule has 0 aromatic heterocycles. The van der Waals surface area contributed by atoms with E-state index in [2.05, 4.69) is 12.2 Å². The van der Waals surface area contributed by atoms with Crippen LogP contribution in [0.15, 0.2) is 24.3 Å². The molecule has 0 amide bonds. The zero-order chi connectivity index (χ0) is 13.0. The Kier molecular flexibility index (Phi) is 4.72. The minimum Gasteiger partial charge on any atom is -0.393 e. The minimum absolute atomic E-state index is 0.0754. The van der Waals surface area contributed by atoms with Crippen molar-refractivity contribution in [1.29, 1.82) is 0 Å². The molecular weight excluding hydrogens is 229 g/mol. The fourth-order valence-electron chi connectivity index (χ4n) is 2.71. The van der Waals surface area contributed by atoms with Gasteiger partial charge in [-0.1, -0.05) is 25.1 Å². The molecule has 2 nitrogen and oxygen atoms in total. The molecule has 1 atom stereocenters. The largest absolute Gasteiger partial charge is 0.393 e. The lowest BCUT2D eigenvalue weighted by atomic mass is 9.91. The predicted molar refractivity (Wildman–Crippen MR) is 70.8 cm³/mol. The van der Waals surface area contributed by atoms with Crippen molar-refractivity contribution in [2.75, 3.05) is 0 Å². The Bertz CT molecular complexity index is 375. The summed E-state index contributed by atoms with van der Waals surface area (Å²) in [5, 5.41) is 13.0. The highest BCUT2D eigenvalue weighted by molar-refractivity contribution is 5.21. The van der Waals surface area contributed by atoms with Crippen molar-refractivity contribution in [3.63, 3.8) is 0 Å². The quantitative estimate of drug-likeness (QED) is 0.861. The molecule has 0 saturated heterocycles. The molecule has 18 heavy (non-hydrogen) atoms. The van der Waals surface area contributed by atoms with Gasteiger partial charge in [-0.15, -0.1) is 0 Å². The van der Waals surface area contributed by atoms with Crippen molar-refractivity contribution in [3.8, 4) is 0 Å². The van der Waals surface area contributed by atoms with Crippen molar-refractivity contribution in [2.45, 2.75) is 57.2 Å². The maximum absolute atomic E-state index is 13.8. The molecule has 0 heterocycles. The van der Waals surface area contributed by atoms with E-state index in [1.807, 2.05) is 12.1 Å². The first-order chi connectivity index (χ1) is 8.70. The fourth-order valence-corrected chi connectivity index (χ4v) is 2.71. The number of aliphatic hydroxyl groups is 1. The van der Waals surface area contributed by atoms with E-state index in [1.54, 1.807) is 6.07 Å². The Hall–Kier alpha value is -0.930. The Morgan fingerprint density at radius 2 is 1.94 bits per heavy atom. The highest BCUT2D eigenvalue weighted by Crippen LogP contribution is 2.25. The van der Waals surface area contributed by atoms with Crippen LogP contribution in [0.2, 0.25) is 0 Å². The first kappa shape index (κ1) is 13.5. The van der Waals surface area contributed by atoms with Crippen LogP contribution in [-0.4, -0.2) is 17.3 Å². The molecule has 0 aliphatic heterocycles. The Balaban J connectivity index is 1.99. The summed E-state index contributed by atoms with van der Waals surface area (Å²) in [5.74, 6) is -0.132. The van der Waals surface area contributed by atoms with Crippen LogP contribution >= 0.6 is 0 Å². The molecule has 0 bridgehead atoms. The molecule has 1 saturated carbocycles. The zero-order valence-electron chi connectivity index (χ0n) is 10.9. The summed E-state index contributed by atoms with van der Waals surface area (Å²) >= 11 is 0. The molecule has 1 aliphatic rings. The Labute approximate surface area is 108 Å². The van der Waals surface area contributed by atoms with Crippen LogP contribution in [0, 0.1) is 5.82 Å². The van der Waals surface area contributed by atoms with Crippen molar-refractivity contribution >= 4 is 0 Å². The number of rotatable bonds is 4. The topological polar surface area (TPSA) is 32.3 Å². The summed E-state index contributed by atoms with van der Waals surface area (Å²) in [5.41, 5.74) is 0.756. The molecular formula is C15H22FNO. The van der Waals surface area contributed by atoms with Gasteiger partial charge >= 0.3 is 0 Å². The average molecular weight is 251 g/mol. The van der Waals surface area contributed by atoms with Gasteiger partial charge in [0.25, 0.3) is 0 Å². The number of hydrogen-bond donors (Lipinski definition) is 2. The van der Waals surface area contributed by atoms with Crippen LogP contribution in [-0.2, 0) is 0 Å². The van der Waals surface area contributed by atoms with Gasteiger partial charge in [0.15, 0.2) is 0 Å². The van der Waals surface area contributed by atoms with Gasteiger partial charge < -0.3 is 10.4 Å². The van der Waals surface area contributed by atoms with E-state index in [1.165, 1.54) is 6.07 Å². The molecule has 1 aromatic carbocycles. The second-order valence-electron chi connectivity index (χ2n) is 5.15. The van der Waals surface area contributed by atoms with E-state index >= 15 is 0 Å². The smallest absolute Gasteiger partial charge is 0.127 e. The van der Waals surface area contributed by atoms with Crippen molar-refractivity contribution in [3.05, 3.63) is 35.6 Å². The number of aliphatic hydroxyl groups excluding tert-OH is 1. The van der Waals surface area contributed by atoms with Gasteiger partial charge in [-0.25, -0.2) is 4.39 Å². The summed E-state index contributed by atoms with van der Waals surface area (Å²) < 4.78 is 13.8. The van der Waals surface area contributed by atoms with Crippen molar-refractivity contribution < 1.29 is 9.50 Å². The van der Waals surface area contributed by atoms with E-state index in [9.17, 15) is 9.50 Å². The van der Waals surface area contributed by atoms with Crippen LogP contribution in [0.4, 0.5) is 4.39 Å². The lowest BCUT2D eigenvalue weighted by Gasteiger charge is -2.30. The molecule has 1 unspecified atom stereocenters. The van der Waals surface area contributed by atoms with E-state index in [0.717, 1.165) is 37.7 Å². The molecule has 1 aromatic rings. The van der Waals surface area contributed by atoms with Crippen LogP contribution < -0.4 is 5.32 Å². The highest BCUT2D eigenvalue weighted by atomic mass is 19.1. The molecule has 1 aliphatic carbocycles. The van der Waals surface area contributed by atoms with E-state index in [4.69, 9.17) is 0 Å². The van der Waals surface area contributed by atoms with Crippen molar-refractivity contribution in [2.24, 2.45) is 0 Å². The molecule has 1 fully saturated rings. The fraction of sp³-hybridized carbons (Fsp3) is 0.600. The van der Waals surface area contributed by atoms with Gasteiger partial charge in [0.1, 0.15) is 5.82 Å². The van der Waals surface area contributed by atoms with Gasteiger partial charge in [0.05, 0.1) is 6.10 Å². The monoisotopic (exact) mass is 251 g/mol. The summed E-state index contributed by atoms with van der Waals surface area (Å²) in [4.78, 5) is 0. The second kappa shape index (κ2) is 6.30. The third-order valence-electron chi connectivity index (χ3n) is 3.82. The standard InChI is InChI=1S/C15H22FNO/c1-2-15(13-5-3-4-6-14(13)16)17-11-7-9-12(18)10-8-11/h3-6,11-12,15,17-18H,2,7-10H2,1H3. The van der Waals surface area contributed by atoms with Crippen molar-refractivity contribution in [1.82, 2.24) is 5.32 Å². The molecule has 0 radical (unpaired) electrons. The van der Waals surface area contributed by atoms with E-state index < -0.39 is 0 Å². The van der Waals surface area contributed by atoms with Crippen LogP contribution in [0.1, 0.15) is 50.6 Å². The van der Waals surface area contributed by atoms with Gasteiger partial charge in [-0.2, -0.15) is 0 Å². The number of halogens is 1. The Morgan fingerprint density at radius 1 is 1.28 bits per heavy atom. The second-order valence-corrected chi connectivity index (χ2v) is 5.15. The zero-order valence-corrected chi connectivity index (χ0v) is 10.9. The predicted octanol–water partition coefficient (Wildman–Crippen LogP) is 3.17. The number of hydrogen-bond acceptors (Lipinski definition) is 2. The summed E-state index contributed by atoms with van der Waals surface area (Å²) in [6.07, 6.45) is 4.39. The lowest BCUT2D eigenvalue weighted by Crippen LogP contribution is -2.37. The summed E-state index contributed by atoms with van der Waals surface area (Å²) in [7, 11) is 0. The first-order valence-electron chi connectivity index (χ1n) is 6.89. The summed E-state index contributed by atoms with van der Waals surface area (Å²) in [6.45, 7) is 2.07. The van der Waals surface area contributed by atoms with Crippen LogP contribution in [0.3, 0.4) is 0 Å². The maximum atomic E-state index is 13.8. The molecule has 2 rings (SSSR count). The SMILES string of the molecule is CCC(NC1CCC(O)CC1)c1ccccc1F. The maximum Gasteiger partial charge on any atom is 0.127 e. The normalized spacial score (nSPS) is 25.9. The van der Waals surface area contributed by atoms with Gasteiger partial charge in [-0.05, 0) is 38.2 Å². The molecule has 2 N–H and O–H groups in total. The van der Waals surface area contributed by atoms with Gasteiger partial charge in [-0.3, -0.25) is 0 Å². The third-order valence-corrected chi connectivity index (χ3v) is 3.82. The Morgan fingerprint density at radius 3 is 2.56 bits per heavy atom.